The van der Waals surface area contributed by atoms with Crippen molar-refractivity contribution in [1.29, 1.82) is 0 Å². The van der Waals surface area contributed by atoms with Crippen LogP contribution in [0.2, 0.25) is 5.02 Å². The monoisotopic (exact) mass is 296 g/mol. The maximum atomic E-state index is 6.40. The standard InChI is InChI=1S/C16H25ClN2O/c1-12(2)18-9-14-15(17)5-4-6-16(14)19-8-7-13(10-19)11-20-3/h4-6,12-13,18H,7-11H2,1-3H3. The van der Waals surface area contributed by atoms with Gasteiger partial charge in [-0.05, 0) is 18.6 Å². The first-order valence-corrected chi connectivity index (χ1v) is 7.74. The van der Waals surface area contributed by atoms with Gasteiger partial charge in [0.05, 0.1) is 6.61 Å². The Balaban J connectivity index is 2.13. The van der Waals surface area contributed by atoms with E-state index in [2.05, 4.69) is 30.1 Å². The predicted octanol–water partition coefficient (Wildman–Crippen LogP) is 3.31. The van der Waals surface area contributed by atoms with Crippen LogP contribution in [0.5, 0.6) is 0 Å². The predicted molar refractivity (Wildman–Crippen MR) is 85.6 cm³/mol. The average Bonchev–Trinajstić information content (AvgIpc) is 2.86. The van der Waals surface area contributed by atoms with Crippen LogP contribution in [0.25, 0.3) is 0 Å². The number of hydrogen-bond donors (Lipinski definition) is 1. The zero-order valence-electron chi connectivity index (χ0n) is 12.7. The molecule has 0 aliphatic carbocycles. The molecule has 1 fully saturated rings. The molecule has 1 aromatic carbocycles. The summed E-state index contributed by atoms with van der Waals surface area (Å²) in [5, 5.41) is 4.32. The summed E-state index contributed by atoms with van der Waals surface area (Å²) in [6.45, 7) is 8.11. The smallest absolute Gasteiger partial charge is 0.0508 e. The van der Waals surface area contributed by atoms with E-state index < -0.39 is 0 Å². The minimum absolute atomic E-state index is 0.457. The number of rotatable bonds is 6. The van der Waals surface area contributed by atoms with Gasteiger partial charge in [0.25, 0.3) is 0 Å². The van der Waals surface area contributed by atoms with E-state index in [1.807, 2.05) is 12.1 Å². The van der Waals surface area contributed by atoms with Gasteiger partial charge in [-0.25, -0.2) is 0 Å². The molecule has 1 atom stereocenters. The van der Waals surface area contributed by atoms with Crippen molar-refractivity contribution >= 4 is 17.3 Å². The van der Waals surface area contributed by atoms with Gasteiger partial charge < -0.3 is 15.0 Å². The van der Waals surface area contributed by atoms with Gasteiger partial charge in [-0.15, -0.1) is 0 Å². The molecule has 0 saturated carbocycles. The van der Waals surface area contributed by atoms with E-state index >= 15 is 0 Å². The average molecular weight is 297 g/mol. The van der Waals surface area contributed by atoms with Crippen molar-refractivity contribution in [2.24, 2.45) is 5.92 Å². The lowest BCUT2D eigenvalue weighted by atomic mass is 10.1. The van der Waals surface area contributed by atoms with Crippen molar-refractivity contribution < 1.29 is 4.74 Å². The number of ether oxygens (including phenoxy) is 1. The first kappa shape index (κ1) is 15.6. The van der Waals surface area contributed by atoms with Crippen molar-refractivity contribution in [3.63, 3.8) is 0 Å². The minimum atomic E-state index is 0.457. The minimum Gasteiger partial charge on any atom is -0.384 e. The van der Waals surface area contributed by atoms with E-state index in [0.717, 1.165) is 31.3 Å². The quantitative estimate of drug-likeness (QED) is 0.871. The fraction of sp³-hybridized carbons (Fsp3) is 0.625. The highest BCUT2D eigenvalue weighted by atomic mass is 35.5. The summed E-state index contributed by atoms with van der Waals surface area (Å²) >= 11 is 6.40. The fourth-order valence-electron chi connectivity index (χ4n) is 2.75. The Labute approximate surface area is 127 Å². The van der Waals surface area contributed by atoms with E-state index in [-0.39, 0.29) is 0 Å². The van der Waals surface area contributed by atoms with Gasteiger partial charge in [0, 0.05) is 55.0 Å². The highest BCUT2D eigenvalue weighted by Gasteiger charge is 2.24. The summed E-state index contributed by atoms with van der Waals surface area (Å²) in [5.41, 5.74) is 2.48. The lowest BCUT2D eigenvalue weighted by Gasteiger charge is -2.23. The SMILES string of the molecule is COCC1CCN(c2cccc(Cl)c2CNC(C)C)C1. The van der Waals surface area contributed by atoms with Crippen LogP contribution in [0.3, 0.4) is 0 Å². The second-order valence-electron chi connectivity index (χ2n) is 5.83. The van der Waals surface area contributed by atoms with Gasteiger partial charge >= 0.3 is 0 Å². The molecule has 0 spiro atoms. The fourth-order valence-corrected chi connectivity index (χ4v) is 2.98. The van der Waals surface area contributed by atoms with Gasteiger partial charge in [-0.2, -0.15) is 0 Å². The maximum Gasteiger partial charge on any atom is 0.0508 e. The van der Waals surface area contributed by atoms with Crippen molar-refractivity contribution in [3.8, 4) is 0 Å². The van der Waals surface area contributed by atoms with Crippen LogP contribution in [0.4, 0.5) is 5.69 Å². The molecule has 0 bridgehead atoms. The highest BCUT2D eigenvalue weighted by molar-refractivity contribution is 6.31. The molecule has 3 nitrogen and oxygen atoms in total. The van der Waals surface area contributed by atoms with Gasteiger partial charge in [0.15, 0.2) is 0 Å². The second-order valence-corrected chi connectivity index (χ2v) is 6.24. The lowest BCUT2D eigenvalue weighted by Crippen LogP contribution is -2.26. The molecule has 2 rings (SSSR count). The molecule has 1 N–H and O–H groups in total. The van der Waals surface area contributed by atoms with Crippen molar-refractivity contribution in [2.75, 3.05) is 31.7 Å². The van der Waals surface area contributed by atoms with E-state index in [0.29, 0.717) is 12.0 Å². The van der Waals surface area contributed by atoms with Gasteiger partial charge in [0.1, 0.15) is 0 Å². The molecular weight excluding hydrogens is 272 g/mol. The second kappa shape index (κ2) is 7.30. The Morgan fingerprint density at radius 1 is 1.45 bits per heavy atom. The third-order valence-electron chi connectivity index (χ3n) is 3.81. The zero-order valence-corrected chi connectivity index (χ0v) is 13.4. The third kappa shape index (κ3) is 3.87. The van der Waals surface area contributed by atoms with Crippen LogP contribution in [0.1, 0.15) is 25.8 Å². The highest BCUT2D eigenvalue weighted by Crippen LogP contribution is 2.31. The van der Waals surface area contributed by atoms with Crippen LogP contribution >= 0.6 is 11.6 Å². The van der Waals surface area contributed by atoms with Gasteiger partial charge in [-0.3, -0.25) is 0 Å². The molecular formula is C16H25ClN2O. The van der Waals surface area contributed by atoms with E-state index in [9.17, 15) is 0 Å². The molecule has 112 valence electrons. The first-order chi connectivity index (χ1) is 9.61. The summed E-state index contributed by atoms with van der Waals surface area (Å²) in [6.07, 6.45) is 1.19. The van der Waals surface area contributed by atoms with E-state index in [1.165, 1.54) is 17.7 Å². The Hall–Kier alpha value is -0.770. The first-order valence-electron chi connectivity index (χ1n) is 7.36. The van der Waals surface area contributed by atoms with Crippen LogP contribution in [-0.2, 0) is 11.3 Å². The third-order valence-corrected chi connectivity index (χ3v) is 4.16. The Morgan fingerprint density at radius 3 is 2.95 bits per heavy atom. The molecule has 0 amide bonds. The summed E-state index contributed by atoms with van der Waals surface area (Å²) in [4.78, 5) is 2.44. The molecule has 20 heavy (non-hydrogen) atoms. The van der Waals surface area contributed by atoms with Crippen LogP contribution in [0, 0.1) is 5.92 Å². The molecule has 1 aliphatic heterocycles. The zero-order chi connectivity index (χ0) is 14.5. The number of anilines is 1. The normalized spacial score (nSPS) is 19.1. The number of hydrogen-bond acceptors (Lipinski definition) is 3. The summed E-state index contributed by atoms with van der Waals surface area (Å²) in [7, 11) is 1.78. The molecule has 1 saturated heterocycles. The van der Waals surface area contributed by atoms with Crippen LogP contribution < -0.4 is 10.2 Å². The molecule has 1 aromatic rings. The number of methoxy groups -OCH3 is 1. The largest absolute Gasteiger partial charge is 0.384 e. The summed E-state index contributed by atoms with van der Waals surface area (Å²) < 4.78 is 5.28. The van der Waals surface area contributed by atoms with Crippen LogP contribution in [0.15, 0.2) is 18.2 Å². The molecule has 0 aromatic heterocycles. The Bertz CT molecular complexity index is 436. The Morgan fingerprint density at radius 2 is 2.25 bits per heavy atom. The Kier molecular flexibility index (Phi) is 5.70. The summed E-state index contributed by atoms with van der Waals surface area (Å²) in [6, 6.07) is 6.66. The molecule has 4 heteroatoms. The van der Waals surface area contributed by atoms with Gasteiger partial charge in [0.2, 0.25) is 0 Å². The van der Waals surface area contributed by atoms with Gasteiger partial charge in [-0.1, -0.05) is 31.5 Å². The number of nitrogens with one attached hydrogen (secondary N) is 1. The van der Waals surface area contributed by atoms with Crippen molar-refractivity contribution in [1.82, 2.24) is 5.32 Å². The number of nitrogens with zero attached hydrogens (tertiary/aromatic N) is 1. The molecule has 1 aliphatic rings. The molecule has 0 radical (unpaired) electrons. The van der Waals surface area contributed by atoms with E-state index in [1.54, 1.807) is 7.11 Å². The van der Waals surface area contributed by atoms with Crippen molar-refractivity contribution in [3.05, 3.63) is 28.8 Å². The van der Waals surface area contributed by atoms with Crippen molar-refractivity contribution in [2.45, 2.75) is 32.9 Å². The number of benzene rings is 1. The van der Waals surface area contributed by atoms with Crippen LogP contribution in [-0.4, -0.2) is 32.8 Å². The molecule has 1 heterocycles. The maximum absolute atomic E-state index is 6.40. The van der Waals surface area contributed by atoms with E-state index in [4.69, 9.17) is 16.3 Å². The molecule has 1 unspecified atom stereocenters. The summed E-state index contributed by atoms with van der Waals surface area (Å²) in [5.74, 6) is 0.630. The number of halogens is 1. The topological polar surface area (TPSA) is 24.5 Å². The lowest BCUT2D eigenvalue weighted by molar-refractivity contribution is 0.161.